The molecular formula is C15H12ClF3N2O2S. The maximum absolute atomic E-state index is 12.7. The van der Waals surface area contributed by atoms with E-state index in [9.17, 15) is 22.8 Å². The van der Waals surface area contributed by atoms with Gasteiger partial charge >= 0.3 is 6.18 Å². The Bertz CT molecular complexity index is 733. The predicted octanol–water partition coefficient (Wildman–Crippen LogP) is 4.18. The van der Waals surface area contributed by atoms with Crippen LogP contribution in [0.2, 0.25) is 5.02 Å². The largest absolute Gasteiger partial charge is 0.417 e. The number of carbonyl (C=O) groups excluding carboxylic acids is 2. The van der Waals surface area contributed by atoms with Crippen molar-refractivity contribution in [3.05, 3.63) is 51.2 Å². The molecule has 2 rings (SSSR count). The first kappa shape index (κ1) is 18.3. The summed E-state index contributed by atoms with van der Waals surface area (Å²) in [6.07, 6.45) is -4.67. The highest BCUT2D eigenvalue weighted by molar-refractivity contribution is 7.08. The molecule has 1 aromatic heterocycles. The summed E-state index contributed by atoms with van der Waals surface area (Å²) >= 11 is 6.88. The fourth-order valence-corrected chi connectivity index (χ4v) is 2.69. The summed E-state index contributed by atoms with van der Waals surface area (Å²) in [6, 6.07) is 4.76. The van der Waals surface area contributed by atoms with Gasteiger partial charge in [-0.15, -0.1) is 0 Å². The van der Waals surface area contributed by atoms with Crippen LogP contribution < -0.4 is 10.6 Å². The molecule has 1 aromatic carbocycles. The minimum atomic E-state index is -4.60. The number of halogens is 4. The van der Waals surface area contributed by atoms with Crippen molar-refractivity contribution in [2.45, 2.75) is 12.6 Å². The lowest BCUT2D eigenvalue weighted by molar-refractivity contribution is -0.137. The summed E-state index contributed by atoms with van der Waals surface area (Å²) in [5, 5.41) is 7.87. The Balaban J connectivity index is 1.87. The van der Waals surface area contributed by atoms with E-state index in [-0.39, 0.29) is 24.6 Å². The van der Waals surface area contributed by atoms with E-state index in [1.54, 1.807) is 16.8 Å². The smallest absolute Gasteiger partial charge is 0.351 e. The highest BCUT2D eigenvalue weighted by atomic mass is 35.5. The van der Waals surface area contributed by atoms with E-state index in [1.807, 2.05) is 0 Å². The van der Waals surface area contributed by atoms with Crippen LogP contribution in [-0.4, -0.2) is 18.4 Å². The van der Waals surface area contributed by atoms with Crippen LogP contribution >= 0.6 is 22.9 Å². The second-order valence-electron chi connectivity index (χ2n) is 4.76. The third-order valence-corrected chi connectivity index (χ3v) is 3.99. The Morgan fingerprint density at radius 2 is 1.96 bits per heavy atom. The van der Waals surface area contributed by atoms with Gasteiger partial charge in [0.15, 0.2) is 0 Å². The summed E-state index contributed by atoms with van der Waals surface area (Å²) in [7, 11) is 0. The van der Waals surface area contributed by atoms with Crippen molar-refractivity contribution in [1.29, 1.82) is 0 Å². The molecule has 9 heteroatoms. The summed E-state index contributed by atoms with van der Waals surface area (Å²) in [4.78, 5) is 23.4. The lowest BCUT2D eigenvalue weighted by atomic mass is 10.2. The number of hydrogen-bond acceptors (Lipinski definition) is 3. The molecule has 0 aliphatic heterocycles. The molecule has 0 aliphatic rings. The fourth-order valence-electron chi connectivity index (χ4n) is 1.83. The van der Waals surface area contributed by atoms with Crippen molar-refractivity contribution < 1.29 is 22.8 Å². The summed E-state index contributed by atoms with van der Waals surface area (Å²) < 4.78 is 38.2. The third-order valence-electron chi connectivity index (χ3n) is 2.98. The molecule has 2 N–H and O–H groups in total. The van der Waals surface area contributed by atoms with Crippen molar-refractivity contribution in [2.75, 3.05) is 11.9 Å². The monoisotopic (exact) mass is 376 g/mol. The molecule has 128 valence electrons. The van der Waals surface area contributed by atoms with Crippen LogP contribution in [0.5, 0.6) is 0 Å². The normalized spacial score (nSPS) is 11.2. The second-order valence-corrected chi connectivity index (χ2v) is 5.95. The SMILES string of the molecule is O=C(CCNC(=O)c1ccsc1)Nc1ccc(Cl)c(C(F)(F)F)c1. The number of benzene rings is 1. The highest BCUT2D eigenvalue weighted by Gasteiger charge is 2.33. The van der Waals surface area contributed by atoms with E-state index in [4.69, 9.17) is 11.6 Å². The van der Waals surface area contributed by atoms with Gasteiger partial charge in [-0.3, -0.25) is 9.59 Å². The highest BCUT2D eigenvalue weighted by Crippen LogP contribution is 2.36. The Kier molecular flexibility index (Phi) is 5.84. The van der Waals surface area contributed by atoms with Gasteiger partial charge in [0.2, 0.25) is 5.91 Å². The zero-order valence-corrected chi connectivity index (χ0v) is 13.7. The van der Waals surface area contributed by atoms with Gasteiger partial charge in [-0.1, -0.05) is 11.6 Å². The number of amides is 2. The zero-order valence-electron chi connectivity index (χ0n) is 12.1. The summed E-state index contributed by atoms with van der Waals surface area (Å²) in [5.41, 5.74) is -0.540. The van der Waals surface area contributed by atoms with Crippen molar-refractivity contribution in [2.24, 2.45) is 0 Å². The first-order valence-electron chi connectivity index (χ1n) is 6.74. The summed E-state index contributed by atoms with van der Waals surface area (Å²) in [6.45, 7) is 0.0697. The van der Waals surface area contributed by atoms with Crippen LogP contribution in [0.3, 0.4) is 0 Å². The number of hydrogen-bond donors (Lipinski definition) is 2. The van der Waals surface area contributed by atoms with Gasteiger partial charge in [0.1, 0.15) is 0 Å². The van der Waals surface area contributed by atoms with E-state index < -0.39 is 22.7 Å². The zero-order chi connectivity index (χ0) is 17.7. The quantitative estimate of drug-likeness (QED) is 0.822. The molecule has 0 saturated heterocycles. The Morgan fingerprint density at radius 1 is 1.21 bits per heavy atom. The Labute approximate surface area is 144 Å². The van der Waals surface area contributed by atoms with Gasteiger partial charge in [-0.05, 0) is 29.6 Å². The first-order valence-corrected chi connectivity index (χ1v) is 8.06. The van der Waals surface area contributed by atoms with E-state index in [0.29, 0.717) is 5.56 Å². The molecule has 1 heterocycles. The fraction of sp³-hybridized carbons (Fsp3) is 0.200. The molecule has 24 heavy (non-hydrogen) atoms. The molecule has 4 nitrogen and oxygen atoms in total. The summed E-state index contributed by atoms with van der Waals surface area (Å²) in [5.74, 6) is -0.828. The number of thiophene rings is 1. The average Bonchev–Trinajstić information content (AvgIpc) is 3.02. The maximum atomic E-state index is 12.7. The molecular weight excluding hydrogens is 365 g/mol. The van der Waals surface area contributed by atoms with E-state index in [2.05, 4.69) is 10.6 Å². The van der Waals surface area contributed by atoms with Crippen molar-refractivity contribution >= 4 is 40.4 Å². The number of carbonyl (C=O) groups is 2. The minimum absolute atomic E-state index is 0.0131. The van der Waals surface area contributed by atoms with Gasteiger partial charge in [-0.25, -0.2) is 0 Å². The van der Waals surface area contributed by atoms with Gasteiger partial charge < -0.3 is 10.6 Å². The molecule has 2 amide bonds. The van der Waals surface area contributed by atoms with E-state index >= 15 is 0 Å². The van der Waals surface area contributed by atoms with Crippen LogP contribution in [0, 0.1) is 0 Å². The number of nitrogens with one attached hydrogen (secondary N) is 2. The van der Waals surface area contributed by atoms with E-state index in [0.717, 1.165) is 12.1 Å². The molecule has 0 saturated carbocycles. The van der Waals surface area contributed by atoms with Crippen LogP contribution in [0.1, 0.15) is 22.3 Å². The molecule has 0 unspecified atom stereocenters. The standard InChI is InChI=1S/C15H12ClF3N2O2S/c16-12-2-1-10(7-11(12)15(17,18)19)21-13(22)3-5-20-14(23)9-4-6-24-8-9/h1-2,4,6-8H,3,5H2,(H,20,23)(H,21,22). The lowest BCUT2D eigenvalue weighted by Gasteiger charge is -2.12. The molecule has 0 atom stereocenters. The van der Waals surface area contributed by atoms with Crippen molar-refractivity contribution in [1.82, 2.24) is 5.32 Å². The molecule has 0 bridgehead atoms. The molecule has 0 fully saturated rings. The first-order chi connectivity index (χ1) is 11.3. The van der Waals surface area contributed by atoms with Gasteiger partial charge in [0, 0.05) is 29.6 Å². The Hall–Kier alpha value is -2.06. The van der Waals surface area contributed by atoms with Crippen LogP contribution in [-0.2, 0) is 11.0 Å². The number of rotatable bonds is 5. The lowest BCUT2D eigenvalue weighted by Crippen LogP contribution is -2.27. The average molecular weight is 377 g/mol. The molecule has 0 radical (unpaired) electrons. The second kappa shape index (κ2) is 7.67. The molecule has 2 aromatic rings. The third kappa shape index (κ3) is 4.97. The van der Waals surface area contributed by atoms with Crippen LogP contribution in [0.4, 0.5) is 18.9 Å². The van der Waals surface area contributed by atoms with Gasteiger partial charge in [0.25, 0.3) is 5.91 Å². The number of alkyl halides is 3. The molecule has 0 spiro atoms. The van der Waals surface area contributed by atoms with E-state index in [1.165, 1.54) is 17.4 Å². The predicted molar refractivity (Wildman–Crippen MR) is 86.4 cm³/mol. The topological polar surface area (TPSA) is 58.2 Å². The van der Waals surface area contributed by atoms with Crippen LogP contribution in [0.15, 0.2) is 35.0 Å². The Morgan fingerprint density at radius 3 is 2.58 bits per heavy atom. The van der Waals surface area contributed by atoms with Gasteiger partial charge in [-0.2, -0.15) is 24.5 Å². The number of anilines is 1. The van der Waals surface area contributed by atoms with Crippen molar-refractivity contribution in [3.8, 4) is 0 Å². The maximum Gasteiger partial charge on any atom is 0.417 e. The van der Waals surface area contributed by atoms with Crippen molar-refractivity contribution in [3.63, 3.8) is 0 Å². The molecule has 0 aliphatic carbocycles. The van der Waals surface area contributed by atoms with Crippen LogP contribution in [0.25, 0.3) is 0 Å². The minimum Gasteiger partial charge on any atom is -0.351 e. The van der Waals surface area contributed by atoms with Gasteiger partial charge in [0.05, 0.1) is 10.6 Å².